The maximum absolute atomic E-state index is 12.5. The zero-order valence-electron chi connectivity index (χ0n) is 20.5. The maximum atomic E-state index is 12.5. The number of anilines is 1. The maximum Gasteiger partial charge on any atom is 0.276 e. The molecule has 0 spiro atoms. The van der Waals surface area contributed by atoms with Gasteiger partial charge >= 0.3 is 0 Å². The Morgan fingerprint density at radius 1 is 1.00 bits per heavy atom. The molecule has 2 aromatic rings. The van der Waals surface area contributed by atoms with Gasteiger partial charge in [-0.2, -0.15) is 13.5 Å². The minimum atomic E-state index is -3.69. The second-order valence-electron chi connectivity index (χ2n) is 8.57. The highest BCUT2D eigenvalue weighted by Crippen LogP contribution is 2.35. The molecule has 1 heterocycles. The molecule has 35 heavy (non-hydrogen) atoms. The van der Waals surface area contributed by atoms with E-state index in [9.17, 15) is 8.42 Å². The first-order chi connectivity index (χ1) is 17.0. The van der Waals surface area contributed by atoms with Gasteiger partial charge in [0.1, 0.15) is 0 Å². The number of nitrogens with one attached hydrogen (secondary N) is 1. The van der Waals surface area contributed by atoms with Crippen LogP contribution in [0, 0.1) is 0 Å². The summed E-state index contributed by atoms with van der Waals surface area (Å²) in [5.74, 6) is 0. The summed E-state index contributed by atoms with van der Waals surface area (Å²) in [5.41, 5.74) is 5.81. The van der Waals surface area contributed by atoms with Gasteiger partial charge in [0.25, 0.3) is 10.0 Å². The zero-order valence-corrected chi connectivity index (χ0v) is 21.3. The van der Waals surface area contributed by atoms with Crippen LogP contribution in [0.1, 0.15) is 32.3 Å². The number of ether oxygens (including phenoxy) is 1. The lowest BCUT2D eigenvalue weighted by Crippen LogP contribution is -2.36. The van der Waals surface area contributed by atoms with E-state index in [2.05, 4.69) is 63.9 Å². The second kappa shape index (κ2) is 11.6. The Kier molecular flexibility index (Phi) is 8.25. The summed E-state index contributed by atoms with van der Waals surface area (Å²) in [7, 11) is -3.69. The van der Waals surface area contributed by atoms with Crippen LogP contribution in [0.2, 0.25) is 0 Å². The molecule has 1 N–H and O–H groups in total. The van der Waals surface area contributed by atoms with Crippen LogP contribution < -0.4 is 9.73 Å². The van der Waals surface area contributed by atoms with Gasteiger partial charge in [-0.1, -0.05) is 30.3 Å². The standard InChI is InChI=1S/C27H34N4O3S/c1-3-30(4-2)25-14-10-22(11-15-25)20-23-12-13-24(27(23)31-16-18-34-19-17-31)21-28-29-35(32,33)26-8-6-5-7-9-26/h5-11,14-15,20-21,29H,3-4,12-13,16-19H2,1-2H3. The van der Waals surface area contributed by atoms with Gasteiger partial charge < -0.3 is 14.5 Å². The summed E-state index contributed by atoms with van der Waals surface area (Å²) >= 11 is 0. The van der Waals surface area contributed by atoms with Gasteiger partial charge in [0, 0.05) is 37.6 Å². The van der Waals surface area contributed by atoms with Gasteiger partial charge in [-0.25, -0.2) is 4.83 Å². The van der Waals surface area contributed by atoms with Crippen LogP contribution in [-0.2, 0) is 14.8 Å². The summed E-state index contributed by atoms with van der Waals surface area (Å²) in [6.45, 7) is 9.28. The Morgan fingerprint density at radius 2 is 1.69 bits per heavy atom. The minimum absolute atomic E-state index is 0.194. The lowest BCUT2D eigenvalue weighted by Gasteiger charge is -2.31. The molecule has 7 nitrogen and oxygen atoms in total. The predicted octanol–water partition coefficient (Wildman–Crippen LogP) is 4.26. The molecule has 186 valence electrons. The van der Waals surface area contributed by atoms with Crippen molar-refractivity contribution in [2.24, 2.45) is 5.10 Å². The smallest absolute Gasteiger partial charge is 0.276 e. The molecule has 1 aliphatic heterocycles. The first-order valence-electron chi connectivity index (χ1n) is 12.2. The van der Waals surface area contributed by atoms with E-state index in [0.717, 1.165) is 55.9 Å². The summed E-state index contributed by atoms with van der Waals surface area (Å²) in [5, 5.41) is 4.13. The summed E-state index contributed by atoms with van der Waals surface area (Å²) < 4.78 is 30.6. The normalized spacial score (nSPS) is 18.0. The Hall–Kier alpha value is -3.10. The van der Waals surface area contributed by atoms with E-state index >= 15 is 0 Å². The lowest BCUT2D eigenvalue weighted by molar-refractivity contribution is 0.0548. The molecule has 1 aliphatic carbocycles. The predicted molar refractivity (Wildman–Crippen MR) is 142 cm³/mol. The van der Waals surface area contributed by atoms with E-state index in [1.54, 1.807) is 36.5 Å². The van der Waals surface area contributed by atoms with Crippen LogP contribution in [0.5, 0.6) is 0 Å². The third-order valence-corrected chi connectivity index (χ3v) is 7.65. The van der Waals surface area contributed by atoms with Gasteiger partial charge in [-0.3, -0.25) is 0 Å². The Bertz CT molecular complexity index is 1180. The molecule has 0 atom stereocenters. The van der Waals surface area contributed by atoms with Gasteiger partial charge in [-0.15, -0.1) is 0 Å². The SMILES string of the molecule is CCN(CC)c1ccc(C=C2CCC(C=NNS(=O)(=O)c3ccccc3)=C2N2CCOCC2)cc1. The lowest BCUT2D eigenvalue weighted by atomic mass is 10.1. The van der Waals surface area contributed by atoms with Crippen molar-refractivity contribution in [3.8, 4) is 0 Å². The average molecular weight is 495 g/mol. The molecule has 0 radical (unpaired) electrons. The highest BCUT2D eigenvalue weighted by atomic mass is 32.2. The van der Waals surface area contributed by atoms with Gasteiger partial charge in [0.05, 0.1) is 24.3 Å². The summed E-state index contributed by atoms with van der Waals surface area (Å²) in [6.07, 6.45) is 5.60. The van der Waals surface area contributed by atoms with E-state index in [1.807, 2.05) is 0 Å². The molecule has 0 amide bonds. The fourth-order valence-corrected chi connectivity index (χ4v) is 5.38. The highest BCUT2D eigenvalue weighted by molar-refractivity contribution is 7.89. The fourth-order valence-electron chi connectivity index (χ4n) is 4.57. The molecule has 0 aromatic heterocycles. The van der Waals surface area contributed by atoms with Gasteiger partial charge in [0.2, 0.25) is 0 Å². The van der Waals surface area contributed by atoms with E-state index < -0.39 is 10.0 Å². The van der Waals surface area contributed by atoms with Crippen LogP contribution in [0.4, 0.5) is 5.69 Å². The average Bonchev–Trinajstić information content (AvgIpc) is 3.28. The monoisotopic (exact) mass is 494 g/mol. The number of hydrogen-bond acceptors (Lipinski definition) is 6. The quantitative estimate of drug-likeness (QED) is 0.417. The van der Waals surface area contributed by atoms with Gasteiger partial charge in [-0.05, 0) is 73.7 Å². The number of morpholine rings is 1. The molecule has 2 aliphatic rings. The summed E-state index contributed by atoms with van der Waals surface area (Å²) in [6, 6.07) is 17.0. The number of allylic oxidation sites excluding steroid dienone is 2. The van der Waals surface area contributed by atoms with Crippen molar-refractivity contribution in [3.05, 3.63) is 77.0 Å². The number of hydrazone groups is 1. The van der Waals surface area contributed by atoms with Crippen LogP contribution in [0.25, 0.3) is 6.08 Å². The van der Waals surface area contributed by atoms with E-state index in [4.69, 9.17) is 4.74 Å². The molecule has 1 saturated heterocycles. The fraction of sp³-hybridized carbons (Fsp3) is 0.370. The van der Waals surface area contributed by atoms with Crippen LogP contribution in [0.15, 0.2) is 81.4 Å². The molecule has 4 rings (SSSR count). The van der Waals surface area contributed by atoms with Crippen LogP contribution in [-0.4, -0.2) is 58.9 Å². The Morgan fingerprint density at radius 3 is 2.34 bits per heavy atom. The van der Waals surface area contributed by atoms with Crippen molar-refractivity contribution < 1.29 is 13.2 Å². The topological polar surface area (TPSA) is 74.2 Å². The van der Waals surface area contributed by atoms with Crippen LogP contribution in [0.3, 0.4) is 0 Å². The van der Waals surface area contributed by atoms with Crippen LogP contribution >= 0.6 is 0 Å². The first kappa shape index (κ1) is 25.0. The number of rotatable bonds is 9. The second-order valence-corrected chi connectivity index (χ2v) is 10.2. The molecule has 0 unspecified atom stereocenters. The molecular formula is C27H34N4O3S. The zero-order chi connectivity index (χ0) is 24.7. The van der Waals surface area contributed by atoms with Crippen molar-refractivity contribution in [2.75, 3.05) is 44.3 Å². The summed E-state index contributed by atoms with van der Waals surface area (Å²) in [4.78, 5) is 7.22. The van der Waals surface area contributed by atoms with Crippen molar-refractivity contribution >= 4 is 28.0 Å². The number of benzene rings is 2. The molecule has 8 heteroatoms. The Labute approximate surface area is 208 Å². The number of hydrogen-bond donors (Lipinski definition) is 1. The van der Waals surface area contributed by atoms with Crippen molar-refractivity contribution in [2.45, 2.75) is 31.6 Å². The first-order valence-corrected chi connectivity index (χ1v) is 13.7. The number of sulfonamides is 1. The largest absolute Gasteiger partial charge is 0.378 e. The van der Waals surface area contributed by atoms with Crippen molar-refractivity contribution in [3.63, 3.8) is 0 Å². The molecular weight excluding hydrogens is 460 g/mol. The Balaban J connectivity index is 1.58. The van der Waals surface area contributed by atoms with E-state index in [1.165, 1.54) is 11.3 Å². The minimum Gasteiger partial charge on any atom is -0.378 e. The molecule has 2 aromatic carbocycles. The third kappa shape index (κ3) is 6.13. The third-order valence-electron chi connectivity index (χ3n) is 6.41. The molecule has 0 saturated carbocycles. The molecule has 1 fully saturated rings. The number of nitrogens with zero attached hydrogens (tertiary/aromatic N) is 3. The van der Waals surface area contributed by atoms with Crippen molar-refractivity contribution in [1.82, 2.24) is 9.73 Å². The van der Waals surface area contributed by atoms with E-state index in [0.29, 0.717) is 13.2 Å². The highest BCUT2D eigenvalue weighted by Gasteiger charge is 2.25. The van der Waals surface area contributed by atoms with Gasteiger partial charge in [0.15, 0.2) is 0 Å². The van der Waals surface area contributed by atoms with E-state index in [-0.39, 0.29) is 4.90 Å². The molecule has 0 bridgehead atoms. The van der Waals surface area contributed by atoms with Crippen molar-refractivity contribution in [1.29, 1.82) is 0 Å².